The van der Waals surface area contributed by atoms with Crippen LogP contribution in [0.4, 0.5) is 14.6 Å². The summed E-state index contributed by atoms with van der Waals surface area (Å²) >= 11 is 0. The van der Waals surface area contributed by atoms with Crippen molar-refractivity contribution >= 4 is 11.7 Å². The van der Waals surface area contributed by atoms with Crippen molar-refractivity contribution in [1.82, 2.24) is 10.3 Å². The summed E-state index contributed by atoms with van der Waals surface area (Å²) in [4.78, 5) is 18.6. The van der Waals surface area contributed by atoms with Gasteiger partial charge in [-0.1, -0.05) is 0 Å². The topological polar surface area (TPSA) is 45.2 Å². The van der Waals surface area contributed by atoms with Gasteiger partial charge < -0.3 is 10.2 Å². The third-order valence-electron chi connectivity index (χ3n) is 4.36. The van der Waals surface area contributed by atoms with Crippen LogP contribution in [0.25, 0.3) is 0 Å². The van der Waals surface area contributed by atoms with Crippen molar-refractivity contribution in [2.24, 2.45) is 0 Å². The quantitative estimate of drug-likeness (QED) is 0.874. The highest BCUT2D eigenvalue weighted by atomic mass is 19.1. The number of nitrogens with zero attached hydrogens (tertiary/aromatic N) is 2. The molecule has 0 radical (unpaired) electrons. The summed E-state index contributed by atoms with van der Waals surface area (Å²) in [5.74, 6) is -0.275. The van der Waals surface area contributed by atoms with Crippen LogP contribution >= 0.6 is 0 Å². The molecule has 1 N–H and O–H groups in total. The third-order valence-corrected chi connectivity index (χ3v) is 4.36. The highest BCUT2D eigenvalue weighted by Gasteiger charge is 2.14. The Morgan fingerprint density at radius 3 is 2.76 bits per heavy atom. The van der Waals surface area contributed by atoms with E-state index in [9.17, 15) is 13.6 Å². The SMILES string of the molecule is O=C(CCc1ccnc(N2CCCC2)c1)NCc1cc(F)ccc1F. The number of halogens is 2. The Hall–Kier alpha value is -2.50. The number of pyridine rings is 1. The van der Waals surface area contributed by atoms with E-state index >= 15 is 0 Å². The van der Waals surface area contributed by atoms with Crippen molar-refractivity contribution in [3.63, 3.8) is 0 Å². The molecule has 0 atom stereocenters. The summed E-state index contributed by atoms with van der Waals surface area (Å²) in [6.45, 7) is 2.03. The third kappa shape index (κ3) is 4.75. The molecule has 2 heterocycles. The summed E-state index contributed by atoms with van der Waals surface area (Å²) in [6.07, 6.45) is 5.01. The Morgan fingerprint density at radius 1 is 1.16 bits per heavy atom. The van der Waals surface area contributed by atoms with Crippen LogP contribution in [-0.4, -0.2) is 24.0 Å². The molecule has 1 fully saturated rings. The number of anilines is 1. The Bertz CT molecular complexity index is 745. The van der Waals surface area contributed by atoms with Gasteiger partial charge >= 0.3 is 0 Å². The Kier molecular flexibility index (Phi) is 5.58. The highest BCUT2D eigenvalue weighted by molar-refractivity contribution is 5.76. The molecule has 2 aromatic rings. The van der Waals surface area contributed by atoms with Crippen molar-refractivity contribution in [3.05, 3.63) is 59.3 Å². The number of carbonyl (C=O) groups excluding carboxylic acids is 1. The van der Waals surface area contributed by atoms with Gasteiger partial charge in [0.15, 0.2) is 0 Å². The van der Waals surface area contributed by atoms with Gasteiger partial charge in [-0.05, 0) is 55.2 Å². The zero-order valence-electron chi connectivity index (χ0n) is 14.0. The average Bonchev–Trinajstić information content (AvgIpc) is 3.16. The molecule has 0 spiro atoms. The summed E-state index contributed by atoms with van der Waals surface area (Å²) in [7, 11) is 0. The van der Waals surface area contributed by atoms with Crippen LogP contribution < -0.4 is 10.2 Å². The van der Waals surface area contributed by atoms with Crippen molar-refractivity contribution in [3.8, 4) is 0 Å². The van der Waals surface area contributed by atoms with Gasteiger partial charge in [0.05, 0.1) is 0 Å². The first-order valence-corrected chi connectivity index (χ1v) is 8.52. The van der Waals surface area contributed by atoms with Crippen molar-refractivity contribution in [1.29, 1.82) is 0 Å². The van der Waals surface area contributed by atoms with E-state index in [0.29, 0.717) is 12.8 Å². The number of carbonyl (C=O) groups is 1. The summed E-state index contributed by atoms with van der Waals surface area (Å²) in [5.41, 5.74) is 1.19. The van der Waals surface area contributed by atoms with Gasteiger partial charge in [-0.15, -0.1) is 0 Å². The summed E-state index contributed by atoms with van der Waals surface area (Å²) < 4.78 is 26.7. The van der Waals surface area contributed by atoms with Crippen molar-refractivity contribution in [2.75, 3.05) is 18.0 Å². The average molecular weight is 345 g/mol. The second-order valence-corrected chi connectivity index (χ2v) is 6.23. The number of hydrogen-bond donors (Lipinski definition) is 1. The molecule has 0 bridgehead atoms. The Morgan fingerprint density at radius 2 is 1.96 bits per heavy atom. The molecule has 6 heteroatoms. The van der Waals surface area contributed by atoms with Crippen LogP contribution in [0.5, 0.6) is 0 Å². The number of amides is 1. The fourth-order valence-corrected chi connectivity index (χ4v) is 2.95. The zero-order valence-corrected chi connectivity index (χ0v) is 14.0. The minimum absolute atomic E-state index is 0.0161. The lowest BCUT2D eigenvalue weighted by molar-refractivity contribution is -0.121. The number of hydrogen-bond acceptors (Lipinski definition) is 3. The second-order valence-electron chi connectivity index (χ2n) is 6.23. The lowest BCUT2D eigenvalue weighted by Gasteiger charge is -2.16. The van der Waals surface area contributed by atoms with Crippen LogP contribution in [0, 0.1) is 11.6 Å². The van der Waals surface area contributed by atoms with E-state index in [1.54, 1.807) is 6.20 Å². The monoisotopic (exact) mass is 345 g/mol. The van der Waals surface area contributed by atoms with Gasteiger partial charge in [-0.3, -0.25) is 4.79 Å². The largest absolute Gasteiger partial charge is 0.357 e. The Labute approximate surface area is 145 Å². The van der Waals surface area contributed by atoms with E-state index in [1.807, 2.05) is 12.1 Å². The maximum Gasteiger partial charge on any atom is 0.220 e. The predicted octanol–water partition coefficient (Wildman–Crippen LogP) is 3.21. The van der Waals surface area contributed by atoms with Gasteiger partial charge in [0, 0.05) is 37.8 Å². The zero-order chi connectivity index (χ0) is 17.6. The molecule has 25 heavy (non-hydrogen) atoms. The first-order chi connectivity index (χ1) is 12.1. The molecular weight excluding hydrogens is 324 g/mol. The second kappa shape index (κ2) is 8.05. The fourth-order valence-electron chi connectivity index (χ4n) is 2.95. The van der Waals surface area contributed by atoms with E-state index in [-0.39, 0.29) is 18.0 Å². The van der Waals surface area contributed by atoms with Crippen LogP contribution in [0.15, 0.2) is 36.5 Å². The lowest BCUT2D eigenvalue weighted by Crippen LogP contribution is -2.23. The molecule has 1 aromatic carbocycles. The highest BCUT2D eigenvalue weighted by Crippen LogP contribution is 2.19. The number of benzene rings is 1. The first-order valence-electron chi connectivity index (χ1n) is 8.52. The minimum atomic E-state index is -0.522. The van der Waals surface area contributed by atoms with Gasteiger partial charge in [0.2, 0.25) is 5.91 Å². The van der Waals surface area contributed by atoms with Crippen LogP contribution in [-0.2, 0) is 17.8 Å². The molecule has 0 unspecified atom stereocenters. The molecule has 0 aliphatic carbocycles. The fraction of sp³-hybridized carbons (Fsp3) is 0.368. The van der Waals surface area contributed by atoms with E-state index in [2.05, 4.69) is 15.2 Å². The summed E-state index contributed by atoms with van der Waals surface area (Å²) in [6, 6.07) is 7.14. The maximum atomic E-state index is 13.5. The summed E-state index contributed by atoms with van der Waals surface area (Å²) in [5, 5.41) is 2.64. The van der Waals surface area contributed by atoms with E-state index < -0.39 is 11.6 Å². The van der Waals surface area contributed by atoms with Crippen LogP contribution in [0.2, 0.25) is 0 Å². The van der Waals surface area contributed by atoms with Gasteiger partial charge in [0.25, 0.3) is 0 Å². The number of aryl methyl sites for hydroxylation is 1. The molecule has 1 saturated heterocycles. The maximum absolute atomic E-state index is 13.5. The molecule has 1 aromatic heterocycles. The predicted molar refractivity (Wildman–Crippen MR) is 92.2 cm³/mol. The Balaban J connectivity index is 1.50. The normalized spacial score (nSPS) is 13.9. The lowest BCUT2D eigenvalue weighted by atomic mass is 10.1. The smallest absolute Gasteiger partial charge is 0.220 e. The van der Waals surface area contributed by atoms with Gasteiger partial charge in [0.1, 0.15) is 17.5 Å². The van der Waals surface area contributed by atoms with E-state index in [0.717, 1.165) is 42.7 Å². The van der Waals surface area contributed by atoms with Gasteiger partial charge in [-0.2, -0.15) is 0 Å². The van der Waals surface area contributed by atoms with E-state index in [1.165, 1.54) is 12.8 Å². The van der Waals surface area contributed by atoms with Crippen LogP contribution in [0.1, 0.15) is 30.4 Å². The minimum Gasteiger partial charge on any atom is -0.357 e. The number of aromatic nitrogens is 1. The first kappa shape index (κ1) is 17.3. The van der Waals surface area contributed by atoms with Gasteiger partial charge in [-0.25, -0.2) is 13.8 Å². The standard InChI is InChI=1S/C19H21F2N3O/c20-16-4-5-17(21)15(12-16)13-23-19(25)6-3-14-7-8-22-18(11-14)24-9-1-2-10-24/h4-5,7-8,11-12H,1-3,6,9-10,13H2,(H,23,25). The van der Waals surface area contributed by atoms with Crippen LogP contribution in [0.3, 0.4) is 0 Å². The molecule has 1 aliphatic rings. The molecule has 1 amide bonds. The number of nitrogens with one attached hydrogen (secondary N) is 1. The van der Waals surface area contributed by atoms with Crippen molar-refractivity contribution in [2.45, 2.75) is 32.2 Å². The molecule has 132 valence electrons. The molecule has 4 nitrogen and oxygen atoms in total. The molecule has 1 aliphatic heterocycles. The molecule has 3 rings (SSSR count). The molecular formula is C19H21F2N3O. The van der Waals surface area contributed by atoms with E-state index in [4.69, 9.17) is 0 Å². The number of rotatable bonds is 6. The van der Waals surface area contributed by atoms with Crippen molar-refractivity contribution < 1.29 is 13.6 Å². The molecule has 0 saturated carbocycles.